The first-order valence-corrected chi connectivity index (χ1v) is 6.46. The third-order valence-corrected chi connectivity index (χ3v) is 2.72. The molecule has 106 valence electrons. The fourth-order valence-electron chi connectivity index (χ4n) is 1.71. The summed E-state index contributed by atoms with van der Waals surface area (Å²) in [5.74, 6) is 4.56. The van der Waals surface area contributed by atoms with Crippen LogP contribution in [0.3, 0.4) is 0 Å². The molecule has 2 N–H and O–H groups in total. The molecule has 0 spiro atoms. The van der Waals surface area contributed by atoms with Crippen LogP contribution >= 0.6 is 0 Å². The van der Waals surface area contributed by atoms with Gasteiger partial charge in [0.1, 0.15) is 5.82 Å². The molecule has 1 amide bonds. The van der Waals surface area contributed by atoms with Crippen LogP contribution in [0, 0.1) is 17.7 Å². The second-order valence-corrected chi connectivity index (χ2v) is 4.29. The van der Waals surface area contributed by atoms with E-state index < -0.39 is 5.82 Å². The molecule has 0 unspecified atom stereocenters. The van der Waals surface area contributed by atoms with Gasteiger partial charge in [-0.25, -0.2) is 4.39 Å². The first-order chi connectivity index (χ1) is 10.2. The van der Waals surface area contributed by atoms with Gasteiger partial charge in [-0.05, 0) is 30.3 Å². The predicted molar refractivity (Wildman–Crippen MR) is 79.4 cm³/mol. The van der Waals surface area contributed by atoms with Crippen molar-refractivity contribution in [2.75, 3.05) is 11.9 Å². The molecular weight excluding hydrogens is 269 g/mol. The molecule has 0 atom stereocenters. The van der Waals surface area contributed by atoms with Crippen molar-refractivity contribution in [3.63, 3.8) is 0 Å². The van der Waals surface area contributed by atoms with Crippen molar-refractivity contribution in [1.82, 2.24) is 0 Å². The van der Waals surface area contributed by atoms with Crippen LogP contribution in [-0.2, 0) is 0 Å². The summed E-state index contributed by atoms with van der Waals surface area (Å²) in [5.41, 5.74) is 1.18. The van der Waals surface area contributed by atoms with Crippen LogP contribution in [0.4, 0.5) is 10.1 Å². The van der Waals surface area contributed by atoms with E-state index in [2.05, 4.69) is 17.2 Å². The molecule has 0 fully saturated rings. The number of anilines is 1. The Morgan fingerprint density at radius 3 is 2.67 bits per heavy atom. The molecule has 4 heteroatoms. The number of benzene rings is 2. The van der Waals surface area contributed by atoms with Crippen molar-refractivity contribution in [2.45, 2.75) is 6.42 Å². The van der Waals surface area contributed by atoms with Crippen molar-refractivity contribution in [1.29, 1.82) is 0 Å². The van der Waals surface area contributed by atoms with E-state index in [0.29, 0.717) is 11.3 Å². The average molecular weight is 283 g/mol. The minimum absolute atomic E-state index is 0.0704. The maximum absolute atomic E-state index is 13.6. The molecule has 0 saturated heterocycles. The monoisotopic (exact) mass is 283 g/mol. The Hall–Kier alpha value is -2.64. The number of nitrogens with one attached hydrogen (secondary N) is 1. The number of rotatable bonds is 3. The summed E-state index contributed by atoms with van der Waals surface area (Å²) in [4.78, 5) is 12.0. The van der Waals surface area contributed by atoms with E-state index in [1.807, 2.05) is 6.07 Å². The van der Waals surface area contributed by atoms with Gasteiger partial charge in [-0.3, -0.25) is 4.79 Å². The van der Waals surface area contributed by atoms with E-state index in [-0.39, 0.29) is 24.5 Å². The van der Waals surface area contributed by atoms with E-state index in [1.165, 1.54) is 18.2 Å². The second kappa shape index (κ2) is 7.22. The summed E-state index contributed by atoms with van der Waals surface area (Å²) in [7, 11) is 0. The minimum atomic E-state index is -0.460. The molecule has 3 nitrogen and oxygen atoms in total. The highest BCUT2D eigenvalue weighted by Gasteiger charge is 2.07. The quantitative estimate of drug-likeness (QED) is 0.851. The van der Waals surface area contributed by atoms with E-state index in [1.54, 1.807) is 24.3 Å². The summed E-state index contributed by atoms with van der Waals surface area (Å²) in [5, 5.41) is 11.4. The van der Waals surface area contributed by atoms with Gasteiger partial charge in [-0.1, -0.05) is 30.0 Å². The molecule has 0 heterocycles. The molecule has 0 aliphatic carbocycles. The fraction of sp³-hybridized carbons (Fsp3) is 0.118. The van der Waals surface area contributed by atoms with Crippen LogP contribution in [0.15, 0.2) is 48.5 Å². The SMILES string of the molecule is O=C(Nc1ccc(F)c(C#CCCO)c1)c1ccccc1. The average Bonchev–Trinajstić information content (AvgIpc) is 2.51. The van der Waals surface area contributed by atoms with Crippen LogP contribution in [0.5, 0.6) is 0 Å². The van der Waals surface area contributed by atoms with Gasteiger partial charge in [0.25, 0.3) is 5.91 Å². The number of aliphatic hydroxyl groups excluding tert-OH is 1. The van der Waals surface area contributed by atoms with E-state index in [9.17, 15) is 9.18 Å². The van der Waals surface area contributed by atoms with Gasteiger partial charge in [0.15, 0.2) is 0 Å². The highest BCUT2D eigenvalue weighted by atomic mass is 19.1. The summed E-state index contributed by atoms with van der Waals surface area (Å²) >= 11 is 0. The van der Waals surface area contributed by atoms with Crippen LogP contribution < -0.4 is 5.32 Å². The van der Waals surface area contributed by atoms with Crippen molar-refractivity contribution >= 4 is 11.6 Å². The van der Waals surface area contributed by atoms with Crippen molar-refractivity contribution in [3.05, 3.63) is 65.5 Å². The molecule has 0 aliphatic rings. The number of hydrogen-bond acceptors (Lipinski definition) is 2. The van der Waals surface area contributed by atoms with Gasteiger partial charge in [0.2, 0.25) is 0 Å². The predicted octanol–water partition coefficient (Wildman–Crippen LogP) is 2.81. The van der Waals surface area contributed by atoms with Gasteiger partial charge in [-0.15, -0.1) is 0 Å². The number of halogens is 1. The highest BCUT2D eigenvalue weighted by Crippen LogP contribution is 2.15. The van der Waals surface area contributed by atoms with Crippen LogP contribution in [0.2, 0.25) is 0 Å². The van der Waals surface area contributed by atoms with Crippen LogP contribution in [0.25, 0.3) is 0 Å². The first kappa shape index (κ1) is 14.8. The lowest BCUT2D eigenvalue weighted by molar-refractivity contribution is 0.102. The Bertz CT molecular complexity index is 687. The zero-order valence-electron chi connectivity index (χ0n) is 11.3. The zero-order valence-corrected chi connectivity index (χ0v) is 11.3. The normalized spacial score (nSPS) is 9.62. The summed E-state index contributed by atoms with van der Waals surface area (Å²) in [6, 6.07) is 13.0. The molecule has 0 aliphatic heterocycles. The molecule has 0 saturated carbocycles. The summed E-state index contributed by atoms with van der Waals surface area (Å²) in [6.07, 6.45) is 0.278. The van der Waals surface area contributed by atoms with E-state index in [0.717, 1.165) is 0 Å². The smallest absolute Gasteiger partial charge is 0.255 e. The number of carbonyl (C=O) groups is 1. The first-order valence-electron chi connectivity index (χ1n) is 6.46. The lowest BCUT2D eigenvalue weighted by atomic mass is 10.1. The standard InChI is InChI=1S/C17H14FNO2/c18-16-10-9-15(12-14(16)8-4-5-11-20)19-17(21)13-6-2-1-3-7-13/h1-3,6-7,9-10,12,20H,5,11H2,(H,19,21). The number of aliphatic hydroxyl groups is 1. The Morgan fingerprint density at radius 1 is 1.19 bits per heavy atom. The third-order valence-electron chi connectivity index (χ3n) is 2.72. The number of carbonyl (C=O) groups excluding carboxylic acids is 1. The van der Waals surface area contributed by atoms with E-state index in [4.69, 9.17) is 5.11 Å². The molecule has 0 aromatic heterocycles. The third kappa shape index (κ3) is 4.16. The van der Waals surface area contributed by atoms with Crippen molar-refractivity contribution < 1.29 is 14.3 Å². The lowest BCUT2D eigenvalue weighted by Gasteiger charge is -2.06. The Labute approximate surface area is 122 Å². The Morgan fingerprint density at radius 2 is 1.95 bits per heavy atom. The Balaban J connectivity index is 2.16. The number of hydrogen-bond donors (Lipinski definition) is 2. The number of amides is 1. The molecule has 2 rings (SSSR count). The summed E-state index contributed by atoms with van der Waals surface area (Å²) in [6.45, 7) is -0.0704. The van der Waals surface area contributed by atoms with Gasteiger partial charge in [0, 0.05) is 17.7 Å². The minimum Gasteiger partial charge on any atom is -0.395 e. The topological polar surface area (TPSA) is 49.3 Å². The highest BCUT2D eigenvalue weighted by molar-refractivity contribution is 6.04. The van der Waals surface area contributed by atoms with Crippen LogP contribution in [-0.4, -0.2) is 17.6 Å². The van der Waals surface area contributed by atoms with Crippen molar-refractivity contribution in [2.24, 2.45) is 0 Å². The zero-order chi connectivity index (χ0) is 15.1. The van der Waals surface area contributed by atoms with Crippen LogP contribution in [0.1, 0.15) is 22.3 Å². The van der Waals surface area contributed by atoms with Crippen molar-refractivity contribution in [3.8, 4) is 11.8 Å². The Kier molecular flexibility index (Phi) is 5.08. The maximum atomic E-state index is 13.6. The fourth-order valence-corrected chi connectivity index (χ4v) is 1.71. The largest absolute Gasteiger partial charge is 0.395 e. The second-order valence-electron chi connectivity index (χ2n) is 4.29. The molecule has 0 bridgehead atoms. The molecule has 2 aromatic carbocycles. The van der Waals surface area contributed by atoms with Gasteiger partial charge in [-0.2, -0.15) is 0 Å². The molecule has 0 radical (unpaired) electrons. The molecule has 2 aromatic rings. The van der Waals surface area contributed by atoms with Gasteiger partial charge >= 0.3 is 0 Å². The molecular formula is C17H14FNO2. The van der Waals surface area contributed by atoms with Gasteiger partial charge in [0.05, 0.1) is 12.2 Å². The molecule has 21 heavy (non-hydrogen) atoms. The van der Waals surface area contributed by atoms with Gasteiger partial charge < -0.3 is 10.4 Å². The van der Waals surface area contributed by atoms with E-state index >= 15 is 0 Å². The lowest BCUT2D eigenvalue weighted by Crippen LogP contribution is -2.11. The summed E-state index contributed by atoms with van der Waals surface area (Å²) < 4.78 is 13.6. The maximum Gasteiger partial charge on any atom is 0.255 e.